The Bertz CT molecular complexity index is 1760. The van der Waals surface area contributed by atoms with E-state index in [1.165, 1.54) is 28.7 Å². The molecule has 0 aliphatic carbocycles. The van der Waals surface area contributed by atoms with Crippen LogP contribution in [0.4, 0.5) is 13.6 Å². The largest absolute Gasteiger partial charge is 0.454 e. The molecule has 44 heavy (non-hydrogen) atoms. The van der Waals surface area contributed by atoms with Crippen molar-refractivity contribution in [3.63, 3.8) is 0 Å². The average molecular weight is 608 g/mol. The molecular weight excluding hydrogens is 576 g/mol. The number of benzene rings is 2. The van der Waals surface area contributed by atoms with Crippen LogP contribution in [-0.2, 0) is 27.3 Å². The lowest BCUT2D eigenvalue weighted by Gasteiger charge is -2.16. The molecule has 0 aliphatic heterocycles. The van der Waals surface area contributed by atoms with Gasteiger partial charge in [0.1, 0.15) is 17.4 Å². The Labute approximate surface area is 251 Å². The molecule has 4 aromatic rings. The predicted octanol–water partition coefficient (Wildman–Crippen LogP) is 4.10. The molecule has 0 bridgehead atoms. The second-order valence-electron chi connectivity index (χ2n) is 10.0. The van der Waals surface area contributed by atoms with Crippen molar-refractivity contribution < 1.29 is 32.6 Å². The summed E-state index contributed by atoms with van der Waals surface area (Å²) in [6.45, 7) is 0.0624. The van der Waals surface area contributed by atoms with Gasteiger partial charge in [0.25, 0.3) is 5.56 Å². The standard InChI is InChI=1S/C31H31F2N5O6/c1-37(2)29(40)9-5-4-8-24(36-31(42)43-3)26(39)15-19-7-6-14-38(30(19)41)18-28-34-23-12-11-21(17-25(23)35-28)44-27-13-10-20(32)16-22(27)33/h5-7,9-14,16-17,24H,4,8,15,18H2,1-3H3,(H,34,35)(H,36,42)/b9-5+/t24-/m0/s1. The quantitative estimate of drug-likeness (QED) is 0.232. The second kappa shape index (κ2) is 14.2. The third kappa shape index (κ3) is 8.15. The number of H-pyrrole nitrogens is 1. The number of alkyl carbamates (subject to hydrolysis) is 1. The number of ketones is 1. The summed E-state index contributed by atoms with van der Waals surface area (Å²) in [5.74, 6) is -1.56. The van der Waals surface area contributed by atoms with Gasteiger partial charge in [-0.15, -0.1) is 0 Å². The van der Waals surface area contributed by atoms with Crippen molar-refractivity contribution in [3.8, 4) is 11.5 Å². The number of ether oxygens (including phenoxy) is 2. The first-order chi connectivity index (χ1) is 21.0. The minimum Gasteiger partial charge on any atom is -0.454 e. The first kappa shape index (κ1) is 31.6. The monoisotopic (exact) mass is 607 g/mol. The van der Waals surface area contributed by atoms with Crippen molar-refractivity contribution >= 4 is 28.8 Å². The lowest BCUT2D eigenvalue weighted by Crippen LogP contribution is -2.42. The number of aromatic nitrogens is 3. The molecule has 13 heteroatoms. The highest BCUT2D eigenvalue weighted by atomic mass is 19.1. The van der Waals surface area contributed by atoms with Gasteiger partial charge in [-0.25, -0.2) is 18.6 Å². The minimum absolute atomic E-state index is 0.0624. The van der Waals surface area contributed by atoms with E-state index >= 15 is 0 Å². The van der Waals surface area contributed by atoms with Crippen LogP contribution >= 0.6 is 0 Å². The predicted molar refractivity (Wildman–Crippen MR) is 157 cm³/mol. The third-order valence-corrected chi connectivity index (χ3v) is 6.60. The summed E-state index contributed by atoms with van der Waals surface area (Å²) >= 11 is 0. The molecule has 0 saturated carbocycles. The van der Waals surface area contributed by atoms with Crippen LogP contribution in [0.1, 0.15) is 24.2 Å². The minimum atomic E-state index is -0.940. The van der Waals surface area contributed by atoms with Gasteiger partial charge in [-0.3, -0.25) is 14.4 Å². The fourth-order valence-electron chi connectivity index (χ4n) is 4.29. The van der Waals surface area contributed by atoms with Crippen molar-refractivity contribution in [2.45, 2.75) is 31.8 Å². The number of nitrogens with one attached hydrogen (secondary N) is 2. The van der Waals surface area contributed by atoms with Gasteiger partial charge in [0.2, 0.25) is 5.91 Å². The Morgan fingerprint density at radius 1 is 1.14 bits per heavy atom. The number of likely N-dealkylation sites (N-methyl/N-ethyl adjacent to an activating group) is 1. The zero-order valence-corrected chi connectivity index (χ0v) is 24.3. The molecule has 2 N–H and O–H groups in total. The first-order valence-electron chi connectivity index (χ1n) is 13.6. The molecule has 2 aromatic carbocycles. The number of aromatic amines is 1. The Morgan fingerprint density at radius 2 is 1.93 bits per heavy atom. The van der Waals surface area contributed by atoms with Crippen molar-refractivity contribution in [1.29, 1.82) is 0 Å². The Morgan fingerprint density at radius 3 is 2.66 bits per heavy atom. The highest BCUT2D eigenvalue weighted by Gasteiger charge is 2.22. The van der Waals surface area contributed by atoms with Gasteiger partial charge in [-0.05, 0) is 49.2 Å². The number of amides is 2. The van der Waals surface area contributed by atoms with Crippen LogP contribution in [0.5, 0.6) is 11.5 Å². The summed E-state index contributed by atoms with van der Waals surface area (Å²) < 4.78 is 38.8. The van der Waals surface area contributed by atoms with E-state index in [-0.39, 0.29) is 36.6 Å². The number of hydrogen-bond acceptors (Lipinski definition) is 7. The first-order valence-corrected chi connectivity index (χ1v) is 13.6. The zero-order valence-electron chi connectivity index (χ0n) is 24.3. The number of fused-ring (bicyclic) bond motifs is 1. The van der Waals surface area contributed by atoms with Gasteiger partial charge in [-0.2, -0.15) is 0 Å². The molecule has 0 fully saturated rings. The molecule has 0 radical (unpaired) electrons. The molecule has 0 spiro atoms. The van der Waals surface area contributed by atoms with Crippen molar-refractivity contribution in [2.75, 3.05) is 21.2 Å². The smallest absolute Gasteiger partial charge is 0.407 e. The Balaban J connectivity index is 1.46. The molecule has 0 aliphatic rings. The van der Waals surface area contributed by atoms with Crippen LogP contribution in [0.25, 0.3) is 11.0 Å². The fraction of sp³-hybridized carbons (Fsp3) is 0.258. The number of pyridine rings is 1. The van der Waals surface area contributed by atoms with Gasteiger partial charge < -0.3 is 29.2 Å². The zero-order chi connectivity index (χ0) is 31.8. The maximum absolute atomic E-state index is 14.0. The average Bonchev–Trinajstić information content (AvgIpc) is 3.39. The molecule has 0 saturated heterocycles. The number of imidazole rings is 1. The van der Waals surface area contributed by atoms with E-state index in [2.05, 4.69) is 20.0 Å². The lowest BCUT2D eigenvalue weighted by molar-refractivity contribution is -0.123. The van der Waals surface area contributed by atoms with Crippen LogP contribution in [0, 0.1) is 11.6 Å². The van der Waals surface area contributed by atoms with Crippen LogP contribution in [0.3, 0.4) is 0 Å². The number of methoxy groups -OCH3 is 1. The van der Waals surface area contributed by atoms with Gasteiger partial charge in [-0.1, -0.05) is 12.1 Å². The van der Waals surface area contributed by atoms with Crippen molar-refractivity contribution in [1.82, 2.24) is 24.8 Å². The van der Waals surface area contributed by atoms with Crippen LogP contribution in [-0.4, -0.2) is 64.5 Å². The molecular formula is C31H31F2N5O6. The van der Waals surface area contributed by atoms with Gasteiger partial charge in [0.15, 0.2) is 17.3 Å². The number of rotatable bonds is 12. The summed E-state index contributed by atoms with van der Waals surface area (Å²) in [5.41, 5.74) is 0.952. The molecule has 11 nitrogen and oxygen atoms in total. The van der Waals surface area contributed by atoms with Crippen LogP contribution < -0.4 is 15.6 Å². The number of carbonyl (C=O) groups excluding carboxylic acids is 3. The Kier molecular flexibility index (Phi) is 10.2. The van der Waals surface area contributed by atoms with Crippen LogP contribution in [0.15, 0.2) is 71.7 Å². The maximum atomic E-state index is 14.0. The summed E-state index contributed by atoms with van der Waals surface area (Å²) in [5, 5.41) is 2.50. The third-order valence-electron chi connectivity index (χ3n) is 6.60. The molecule has 4 rings (SSSR count). The van der Waals surface area contributed by atoms with Gasteiger partial charge in [0.05, 0.1) is 30.7 Å². The fourth-order valence-corrected chi connectivity index (χ4v) is 4.29. The van der Waals surface area contributed by atoms with E-state index in [9.17, 15) is 28.0 Å². The molecule has 2 heterocycles. The van der Waals surface area contributed by atoms with E-state index < -0.39 is 35.1 Å². The van der Waals surface area contributed by atoms with Crippen LogP contribution in [0.2, 0.25) is 0 Å². The number of nitrogens with zero attached hydrogens (tertiary/aromatic N) is 3. The van der Waals surface area contributed by atoms with Gasteiger partial charge in [0, 0.05) is 44.4 Å². The molecule has 0 unspecified atom stereocenters. The summed E-state index contributed by atoms with van der Waals surface area (Å²) in [7, 11) is 4.41. The highest BCUT2D eigenvalue weighted by molar-refractivity contribution is 5.89. The molecule has 2 aromatic heterocycles. The van der Waals surface area contributed by atoms with E-state index in [4.69, 9.17) is 4.74 Å². The number of allylic oxidation sites excluding steroid dienone is 1. The topological polar surface area (TPSA) is 136 Å². The SMILES string of the molecule is COC(=O)N[C@@H](CC/C=C/C(=O)N(C)C)C(=O)Cc1cccn(Cc2nc3ccc(Oc4ccc(F)cc4F)cc3[nH]2)c1=O. The molecule has 1 atom stereocenters. The van der Waals surface area contributed by atoms with E-state index in [1.807, 2.05) is 0 Å². The summed E-state index contributed by atoms with van der Waals surface area (Å²) in [4.78, 5) is 59.0. The molecule has 230 valence electrons. The van der Waals surface area contributed by atoms with E-state index in [0.29, 0.717) is 29.0 Å². The number of halogens is 2. The van der Waals surface area contributed by atoms with E-state index in [0.717, 1.165) is 12.1 Å². The highest BCUT2D eigenvalue weighted by Crippen LogP contribution is 2.27. The normalized spacial score (nSPS) is 11.8. The number of Topliss-reactive ketones (excluding diaryl/α,β-unsaturated/α-hetero) is 1. The molecule has 2 amide bonds. The number of hydrogen-bond donors (Lipinski definition) is 2. The Hall–Kier alpha value is -5.33. The summed E-state index contributed by atoms with van der Waals surface area (Å²) in [6, 6.07) is 10.1. The lowest BCUT2D eigenvalue weighted by atomic mass is 10.0. The van der Waals surface area contributed by atoms with E-state index in [1.54, 1.807) is 56.7 Å². The van der Waals surface area contributed by atoms with Crippen molar-refractivity contribution in [3.05, 3.63) is 100 Å². The van der Waals surface area contributed by atoms with Crippen molar-refractivity contribution in [2.24, 2.45) is 0 Å². The second-order valence-corrected chi connectivity index (χ2v) is 10.0. The van der Waals surface area contributed by atoms with Gasteiger partial charge >= 0.3 is 6.09 Å². The summed E-state index contributed by atoms with van der Waals surface area (Å²) in [6.07, 6.45) is 4.05. The number of carbonyl (C=O) groups is 3. The maximum Gasteiger partial charge on any atom is 0.407 e.